The van der Waals surface area contributed by atoms with Gasteiger partial charge in [0.1, 0.15) is 0 Å². The minimum atomic E-state index is 0.386. The Kier molecular flexibility index (Phi) is 5.05. The van der Waals surface area contributed by atoms with E-state index in [1.54, 1.807) is 0 Å². The number of hydrogen-bond donors (Lipinski definition) is 0. The summed E-state index contributed by atoms with van der Waals surface area (Å²) >= 11 is 0. The van der Waals surface area contributed by atoms with E-state index in [9.17, 15) is 0 Å². The fraction of sp³-hybridized carbons (Fsp3) is 0.385. The zero-order valence-electron chi connectivity index (χ0n) is 17.4. The van der Waals surface area contributed by atoms with Crippen LogP contribution in [0.15, 0.2) is 59.0 Å². The van der Waals surface area contributed by atoms with E-state index in [4.69, 9.17) is 9.98 Å². The van der Waals surface area contributed by atoms with Gasteiger partial charge in [-0.15, -0.1) is 0 Å². The minimum absolute atomic E-state index is 0.386. The molecule has 2 aromatic carbocycles. The number of nitrogens with zero attached hydrogens (tertiary/aromatic N) is 2. The first kappa shape index (κ1) is 18.9. The molecule has 0 fully saturated rings. The van der Waals surface area contributed by atoms with Gasteiger partial charge >= 0.3 is 0 Å². The van der Waals surface area contributed by atoms with Gasteiger partial charge in [-0.2, -0.15) is 0 Å². The summed E-state index contributed by atoms with van der Waals surface area (Å²) in [5.74, 6) is 0.852. The first-order valence-electron chi connectivity index (χ1n) is 10.6. The van der Waals surface area contributed by atoms with Crippen molar-refractivity contribution >= 4 is 17.1 Å². The molecule has 0 bridgehead atoms. The van der Waals surface area contributed by atoms with Crippen LogP contribution in [-0.4, -0.2) is 18.1 Å². The number of hydrogen-bond acceptors (Lipinski definition) is 2. The van der Waals surface area contributed by atoms with Crippen molar-refractivity contribution in [3.05, 3.63) is 76.9 Å². The van der Waals surface area contributed by atoms with E-state index in [2.05, 4.69) is 69.8 Å². The lowest BCUT2D eigenvalue weighted by Gasteiger charge is -2.38. The SMILES string of the molecule is C=C1CC(CC)(CC)Cc2ccc(C3=NC(c4ccc(CC)cc4)=NC3)cc21. The molecule has 0 N–H and O–H groups in total. The average Bonchev–Trinajstić information content (AvgIpc) is 3.23. The summed E-state index contributed by atoms with van der Waals surface area (Å²) in [5, 5.41) is 0. The highest BCUT2D eigenvalue weighted by atomic mass is 15.0. The van der Waals surface area contributed by atoms with E-state index in [1.807, 2.05) is 0 Å². The summed E-state index contributed by atoms with van der Waals surface area (Å²) in [5.41, 5.74) is 9.13. The average molecular weight is 371 g/mol. The van der Waals surface area contributed by atoms with Gasteiger partial charge in [-0.1, -0.05) is 63.7 Å². The molecule has 0 amide bonds. The van der Waals surface area contributed by atoms with Crippen LogP contribution in [0.3, 0.4) is 0 Å². The molecule has 1 aliphatic carbocycles. The zero-order valence-corrected chi connectivity index (χ0v) is 17.4. The molecular formula is C26H30N2. The summed E-state index contributed by atoms with van der Waals surface area (Å²) in [6.45, 7) is 11.9. The number of aliphatic imine (C=N–C) groups is 2. The highest BCUT2D eigenvalue weighted by Crippen LogP contribution is 2.45. The lowest BCUT2D eigenvalue weighted by molar-refractivity contribution is 0.261. The Bertz CT molecular complexity index is 956. The van der Waals surface area contributed by atoms with E-state index in [0.29, 0.717) is 12.0 Å². The molecule has 2 aromatic rings. The summed E-state index contributed by atoms with van der Waals surface area (Å²) in [7, 11) is 0. The Hall–Kier alpha value is -2.48. The van der Waals surface area contributed by atoms with Crippen molar-refractivity contribution in [1.82, 2.24) is 0 Å². The van der Waals surface area contributed by atoms with E-state index < -0.39 is 0 Å². The van der Waals surface area contributed by atoms with Gasteiger partial charge in [0.2, 0.25) is 0 Å². The predicted molar refractivity (Wildman–Crippen MR) is 121 cm³/mol. The molecule has 28 heavy (non-hydrogen) atoms. The van der Waals surface area contributed by atoms with Crippen molar-refractivity contribution in [3.63, 3.8) is 0 Å². The maximum Gasteiger partial charge on any atom is 0.155 e. The van der Waals surface area contributed by atoms with Gasteiger partial charge in [-0.05, 0) is 71.4 Å². The van der Waals surface area contributed by atoms with Crippen molar-refractivity contribution in [3.8, 4) is 0 Å². The van der Waals surface area contributed by atoms with Crippen LogP contribution >= 0.6 is 0 Å². The topological polar surface area (TPSA) is 24.7 Å². The van der Waals surface area contributed by atoms with Crippen LogP contribution in [0.5, 0.6) is 0 Å². The smallest absolute Gasteiger partial charge is 0.155 e. The number of rotatable bonds is 5. The fourth-order valence-electron chi connectivity index (χ4n) is 4.55. The van der Waals surface area contributed by atoms with Gasteiger partial charge in [0, 0.05) is 5.56 Å². The van der Waals surface area contributed by atoms with Crippen molar-refractivity contribution in [2.75, 3.05) is 6.54 Å². The normalized spacial score (nSPS) is 17.9. The number of fused-ring (bicyclic) bond motifs is 1. The van der Waals surface area contributed by atoms with Gasteiger partial charge in [0.05, 0.1) is 12.3 Å². The quantitative estimate of drug-likeness (QED) is 0.593. The minimum Gasteiger partial charge on any atom is -0.260 e. The molecule has 0 atom stereocenters. The molecular weight excluding hydrogens is 340 g/mol. The maximum atomic E-state index is 4.86. The van der Waals surface area contributed by atoms with Crippen LogP contribution in [0.25, 0.3) is 5.57 Å². The molecule has 0 saturated heterocycles. The molecule has 1 heterocycles. The van der Waals surface area contributed by atoms with E-state index in [0.717, 1.165) is 36.4 Å². The maximum absolute atomic E-state index is 4.86. The van der Waals surface area contributed by atoms with Crippen LogP contribution in [0.1, 0.15) is 67.9 Å². The van der Waals surface area contributed by atoms with Crippen molar-refractivity contribution in [1.29, 1.82) is 0 Å². The van der Waals surface area contributed by atoms with Crippen molar-refractivity contribution in [2.24, 2.45) is 15.4 Å². The summed E-state index contributed by atoms with van der Waals surface area (Å²) in [6.07, 6.45) is 5.74. The van der Waals surface area contributed by atoms with Crippen molar-refractivity contribution < 1.29 is 0 Å². The van der Waals surface area contributed by atoms with Crippen LogP contribution in [0.2, 0.25) is 0 Å². The second-order valence-corrected chi connectivity index (χ2v) is 8.28. The van der Waals surface area contributed by atoms with Crippen molar-refractivity contribution in [2.45, 2.75) is 52.9 Å². The van der Waals surface area contributed by atoms with Crippen LogP contribution in [0, 0.1) is 5.41 Å². The Morgan fingerprint density at radius 1 is 0.929 bits per heavy atom. The number of allylic oxidation sites excluding steroid dienone is 1. The predicted octanol–water partition coefficient (Wildman–Crippen LogP) is 6.26. The molecule has 2 nitrogen and oxygen atoms in total. The summed E-state index contributed by atoms with van der Waals surface area (Å²) in [6, 6.07) is 15.4. The molecule has 0 unspecified atom stereocenters. The highest BCUT2D eigenvalue weighted by molar-refractivity contribution is 6.17. The van der Waals surface area contributed by atoms with E-state index in [-0.39, 0.29) is 0 Å². The standard InChI is InChI=1S/C26H30N2/c1-5-19-8-10-20(11-9-19)25-27-17-24(28-25)21-12-13-22-16-26(6-2,7-3)15-18(4)23(22)14-21/h8-14H,4-7,15-17H2,1-3H3. The van der Waals surface area contributed by atoms with Crippen LogP contribution in [0.4, 0.5) is 0 Å². The molecule has 0 spiro atoms. The number of aryl methyl sites for hydroxylation is 1. The van der Waals surface area contributed by atoms with Crippen LogP contribution < -0.4 is 0 Å². The zero-order chi connectivity index (χ0) is 19.7. The Morgan fingerprint density at radius 2 is 1.64 bits per heavy atom. The monoisotopic (exact) mass is 370 g/mol. The molecule has 2 heteroatoms. The summed E-state index contributed by atoms with van der Waals surface area (Å²) in [4.78, 5) is 9.55. The summed E-state index contributed by atoms with van der Waals surface area (Å²) < 4.78 is 0. The van der Waals surface area contributed by atoms with Gasteiger partial charge in [0.15, 0.2) is 5.84 Å². The van der Waals surface area contributed by atoms with E-state index >= 15 is 0 Å². The third-order valence-corrected chi connectivity index (χ3v) is 6.72. The third kappa shape index (κ3) is 3.37. The first-order chi connectivity index (χ1) is 13.6. The Balaban J connectivity index is 1.60. The van der Waals surface area contributed by atoms with Gasteiger partial charge in [-0.3, -0.25) is 4.99 Å². The molecule has 144 valence electrons. The molecule has 0 aromatic heterocycles. The Morgan fingerprint density at radius 3 is 2.32 bits per heavy atom. The molecule has 0 saturated carbocycles. The first-order valence-corrected chi connectivity index (χ1v) is 10.6. The Labute approximate surface area is 169 Å². The lowest BCUT2D eigenvalue weighted by atomic mass is 9.66. The largest absolute Gasteiger partial charge is 0.260 e. The molecule has 4 rings (SSSR count). The number of benzene rings is 2. The third-order valence-electron chi connectivity index (χ3n) is 6.72. The second-order valence-electron chi connectivity index (χ2n) is 8.28. The van der Waals surface area contributed by atoms with E-state index in [1.165, 1.54) is 40.7 Å². The van der Waals surface area contributed by atoms with Gasteiger partial charge < -0.3 is 0 Å². The lowest BCUT2D eigenvalue weighted by Crippen LogP contribution is -2.27. The fourth-order valence-corrected chi connectivity index (χ4v) is 4.55. The molecule has 2 aliphatic rings. The molecule has 1 aliphatic heterocycles. The van der Waals surface area contributed by atoms with Gasteiger partial charge in [-0.25, -0.2) is 4.99 Å². The second kappa shape index (κ2) is 7.50. The van der Waals surface area contributed by atoms with Gasteiger partial charge in [0.25, 0.3) is 0 Å². The molecule has 0 radical (unpaired) electrons. The van der Waals surface area contributed by atoms with Crippen LogP contribution in [-0.2, 0) is 12.8 Å². The highest BCUT2D eigenvalue weighted by Gasteiger charge is 2.33. The number of amidine groups is 1.